The van der Waals surface area contributed by atoms with E-state index in [2.05, 4.69) is 5.32 Å². The highest BCUT2D eigenvalue weighted by molar-refractivity contribution is 4.69. The molecule has 0 aliphatic carbocycles. The molecule has 18 heavy (non-hydrogen) atoms. The number of aliphatic hydroxyl groups excluding tert-OH is 2. The maximum absolute atomic E-state index is 12.6. The van der Waals surface area contributed by atoms with Crippen LogP contribution in [0.25, 0.3) is 0 Å². The predicted molar refractivity (Wildman–Crippen MR) is 62.8 cm³/mol. The third-order valence-corrected chi connectivity index (χ3v) is 1.98. The third-order valence-electron chi connectivity index (χ3n) is 1.98. The Labute approximate surface area is 106 Å². The Morgan fingerprint density at radius 3 is 2.50 bits per heavy atom. The van der Waals surface area contributed by atoms with Crippen molar-refractivity contribution in [3.63, 3.8) is 0 Å². The Balaban J connectivity index is 3.40. The summed E-state index contributed by atoms with van der Waals surface area (Å²) in [6.07, 6.45) is -0.737. The van der Waals surface area contributed by atoms with E-state index in [0.717, 1.165) is 0 Å². The first-order valence-electron chi connectivity index (χ1n) is 5.94. The largest absolute Gasteiger partial charge is 0.390 e. The summed E-state index contributed by atoms with van der Waals surface area (Å²) in [7, 11) is 0. The molecule has 0 bridgehead atoms. The second-order valence-electron chi connectivity index (χ2n) is 4.29. The molecule has 5 nitrogen and oxygen atoms in total. The molecule has 0 heterocycles. The molecule has 0 spiro atoms. The average molecular weight is 271 g/mol. The lowest BCUT2D eigenvalue weighted by Crippen LogP contribution is -2.40. The summed E-state index contributed by atoms with van der Waals surface area (Å²) in [5.74, 6) is -3.16. The maximum atomic E-state index is 12.6. The van der Waals surface area contributed by atoms with E-state index >= 15 is 0 Å². The number of ether oxygens (including phenoxy) is 2. The van der Waals surface area contributed by atoms with Gasteiger partial charge < -0.3 is 25.0 Å². The van der Waals surface area contributed by atoms with Gasteiger partial charge in [-0.15, -0.1) is 0 Å². The molecule has 1 unspecified atom stereocenters. The molecular formula is C11H23F2NO4. The van der Waals surface area contributed by atoms with Crippen molar-refractivity contribution in [2.45, 2.75) is 32.0 Å². The molecule has 110 valence electrons. The summed E-state index contributed by atoms with van der Waals surface area (Å²) in [6, 6.07) is 0. The molecule has 0 aromatic carbocycles. The topological polar surface area (TPSA) is 71.0 Å². The minimum atomic E-state index is -3.16. The van der Waals surface area contributed by atoms with Gasteiger partial charge in [0.25, 0.3) is 5.92 Å². The van der Waals surface area contributed by atoms with Crippen LogP contribution < -0.4 is 5.32 Å². The quantitative estimate of drug-likeness (QED) is 0.462. The highest BCUT2D eigenvalue weighted by atomic mass is 19.3. The van der Waals surface area contributed by atoms with E-state index in [-0.39, 0.29) is 19.3 Å². The van der Waals surface area contributed by atoms with Gasteiger partial charge in [-0.3, -0.25) is 0 Å². The standard InChI is InChI=1S/C11H23F2NO4/c1-9(2)18-4-3-17-6-10(16)5-14-7-11(12,13)8-15/h9-10,14-16H,3-8H2,1-2H3. The van der Waals surface area contributed by atoms with Crippen LogP contribution in [0.5, 0.6) is 0 Å². The Bertz CT molecular complexity index is 205. The van der Waals surface area contributed by atoms with Crippen LogP contribution in [0.1, 0.15) is 13.8 Å². The van der Waals surface area contributed by atoms with Gasteiger partial charge in [-0.2, -0.15) is 0 Å². The fourth-order valence-electron chi connectivity index (χ4n) is 1.10. The average Bonchev–Trinajstić information content (AvgIpc) is 2.28. The monoisotopic (exact) mass is 271 g/mol. The van der Waals surface area contributed by atoms with Crippen molar-refractivity contribution in [1.82, 2.24) is 5.32 Å². The summed E-state index contributed by atoms with van der Waals surface area (Å²) in [4.78, 5) is 0. The normalized spacial score (nSPS) is 14.2. The molecule has 0 aromatic heterocycles. The smallest absolute Gasteiger partial charge is 0.282 e. The van der Waals surface area contributed by atoms with E-state index in [1.54, 1.807) is 0 Å². The van der Waals surface area contributed by atoms with Crippen LogP contribution in [0.2, 0.25) is 0 Å². The molecule has 0 aromatic rings. The summed E-state index contributed by atoms with van der Waals surface area (Å²) < 4.78 is 35.5. The van der Waals surface area contributed by atoms with E-state index in [4.69, 9.17) is 14.6 Å². The van der Waals surface area contributed by atoms with Gasteiger partial charge in [0, 0.05) is 6.54 Å². The van der Waals surface area contributed by atoms with Gasteiger partial charge in [0.05, 0.1) is 38.6 Å². The highest BCUT2D eigenvalue weighted by Crippen LogP contribution is 2.09. The second kappa shape index (κ2) is 9.57. The van der Waals surface area contributed by atoms with Gasteiger partial charge >= 0.3 is 0 Å². The number of nitrogens with one attached hydrogen (secondary N) is 1. The lowest BCUT2D eigenvalue weighted by molar-refractivity contribution is -0.0511. The Morgan fingerprint density at radius 2 is 1.94 bits per heavy atom. The Hall–Kier alpha value is -0.340. The molecule has 3 N–H and O–H groups in total. The Morgan fingerprint density at radius 1 is 1.28 bits per heavy atom. The molecule has 0 rings (SSSR count). The molecule has 0 fully saturated rings. The van der Waals surface area contributed by atoms with Gasteiger partial charge in [0.2, 0.25) is 0 Å². The van der Waals surface area contributed by atoms with Crippen molar-refractivity contribution >= 4 is 0 Å². The van der Waals surface area contributed by atoms with Gasteiger partial charge in [-0.25, -0.2) is 8.78 Å². The van der Waals surface area contributed by atoms with Crippen LogP contribution in [0.4, 0.5) is 8.78 Å². The van der Waals surface area contributed by atoms with Crippen LogP contribution in [-0.2, 0) is 9.47 Å². The number of hydrogen-bond donors (Lipinski definition) is 3. The zero-order valence-electron chi connectivity index (χ0n) is 10.9. The van der Waals surface area contributed by atoms with E-state index in [1.165, 1.54) is 0 Å². The van der Waals surface area contributed by atoms with Crippen LogP contribution >= 0.6 is 0 Å². The first-order chi connectivity index (χ1) is 8.37. The molecule has 1 atom stereocenters. The molecule has 0 saturated heterocycles. The molecular weight excluding hydrogens is 248 g/mol. The van der Waals surface area contributed by atoms with Gasteiger partial charge in [-0.1, -0.05) is 0 Å². The van der Waals surface area contributed by atoms with E-state index in [9.17, 15) is 13.9 Å². The lowest BCUT2D eigenvalue weighted by atomic mass is 10.3. The molecule has 0 aliphatic rings. The van der Waals surface area contributed by atoms with Crippen LogP contribution in [-0.4, -0.2) is 67.9 Å². The molecule has 0 aliphatic heterocycles. The summed E-state index contributed by atoms with van der Waals surface area (Å²) in [6.45, 7) is 2.75. The van der Waals surface area contributed by atoms with Gasteiger partial charge in [0.15, 0.2) is 0 Å². The number of rotatable bonds is 11. The molecule has 0 saturated carbocycles. The maximum Gasteiger partial charge on any atom is 0.282 e. The van der Waals surface area contributed by atoms with Crippen molar-refractivity contribution in [2.75, 3.05) is 39.5 Å². The van der Waals surface area contributed by atoms with Crippen molar-refractivity contribution in [2.24, 2.45) is 0 Å². The zero-order chi connectivity index (χ0) is 14.0. The minimum absolute atomic E-state index is 0.0133. The molecule has 0 radical (unpaired) electrons. The van der Waals surface area contributed by atoms with Crippen molar-refractivity contribution in [3.8, 4) is 0 Å². The van der Waals surface area contributed by atoms with Crippen LogP contribution in [0.15, 0.2) is 0 Å². The first-order valence-corrected chi connectivity index (χ1v) is 5.94. The van der Waals surface area contributed by atoms with Crippen LogP contribution in [0.3, 0.4) is 0 Å². The number of halogens is 2. The van der Waals surface area contributed by atoms with Gasteiger partial charge in [-0.05, 0) is 13.8 Å². The van der Waals surface area contributed by atoms with Crippen molar-refractivity contribution < 1.29 is 28.5 Å². The zero-order valence-corrected chi connectivity index (χ0v) is 10.9. The fourth-order valence-corrected chi connectivity index (χ4v) is 1.10. The second-order valence-corrected chi connectivity index (χ2v) is 4.29. The van der Waals surface area contributed by atoms with Crippen molar-refractivity contribution in [1.29, 1.82) is 0 Å². The van der Waals surface area contributed by atoms with E-state index < -0.39 is 25.2 Å². The predicted octanol–water partition coefficient (Wildman–Crippen LogP) is 0.00610. The Kier molecular flexibility index (Phi) is 9.39. The summed E-state index contributed by atoms with van der Waals surface area (Å²) in [5, 5.41) is 20.1. The van der Waals surface area contributed by atoms with E-state index in [1.807, 2.05) is 13.8 Å². The van der Waals surface area contributed by atoms with E-state index in [0.29, 0.717) is 13.2 Å². The highest BCUT2D eigenvalue weighted by Gasteiger charge is 2.27. The lowest BCUT2D eigenvalue weighted by Gasteiger charge is -2.16. The first kappa shape index (κ1) is 17.7. The summed E-state index contributed by atoms with van der Waals surface area (Å²) in [5.41, 5.74) is 0. The minimum Gasteiger partial charge on any atom is -0.390 e. The molecule has 7 heteroatoms. The van der Waals surface area contributed by atoms with Gasteiger partial charge in [0.1, 0.15) is 6.61 Å². The third kappa shape index (κ3) is 10.8. The number of hydrogen-bond acceptors (Lipinski definition) is 5. The van der Waals surface area contributed by atoms with Crippen LogP contribution in [0, 0.1) is 0 Å². The molecule has 0 amide bonds. The van der Waals surface area contributed by atoms with Crippen molar-refractivity contribution in [3.05, 3.63) is 0 Å². The number of aliphatic hydroxyl groups is 2. The fraction of sp³-hybridized carbons (Fsp3) is 1.00. The summed E-state index contributed by atoms with van der Waals surface area (Å²) >= 11 is 0. The number of alkyl halides is 2. The SMILES string of the molecule is CC(C)OCCOCC(O)CNCC(F)(F)CO.